The molecule has 4 aromatic rings. The van der Waals surface area contributed by atoms with Gasteiger partial charge in [0.2, 0.25) is 5.91 Å². The van der Waals surface area contributed by atoms with Gasteiger partial charge in [-0.05, 0) is 54.4 Å². The number of halogens is 1. The summed E-state index contributed by atoms with van der Waals surface area (Å²) in [7, 11) is 0. The Morgan fingerprint density at radius 3 is 2.37 bits per heavy atom. The zero-order valence-corrected chi connectivity index (χ0v) is 15.4. The normalized spacial score (nSPS) is 10.9. The number of hydrogen-bond acceptors (Lipinski definition) is 3. The van der Waals surface area contributed by atoms with Crippen molar-refractivity contribution in [3.63, 3.8) is 0 Å². The van der Waals surface area contributed by atoms with Gasteiger partial charge >= 0.3 is 0 Å². The van der Waals surface area contributed by atoms with Crippen LogP contribution in [0.3, 0.4) is 0 Å². The first-order valence-corrected chi connectivity index (χ1v) is 8.94. The summed E-state index contributed by atoms with van der Waals surface area (Å²) in [6.07, 6.45) is 0.329. The first-order valence-electron chi connectivity index (χ1n) is 8.56. The Hall–Kier alpha value is -3.18. The van der Waals surface area contributed by atoms with E-state index in [2.05, 4.69) is 15.5 Å². The molecule has 27 heavy (non-hydrogen) atoms. The van der Waals surface area contributed by atoms with Gasteiger partial charge in [-0.25, -0.2) is 0 Å². The van der Waals surface area contributed by atoms with Gasteiger partial charge in [0.1, 0.15) is 11.0 Å². The number of fused-ring (bicyclic) bond motifs is 1. The third kappa shape index (κ3) is 3.83. The molecule has 4 rings (SSSR count). The van der Waals surface area contributed by atoms with E-state index in [1.807, 2.05) is 61.5 Å². The molecule has 0 aliphatic carbocycles. The molecule has 134 valence electrons. The molecule has 0 unspecified atom stereocenters. The fourth-order valence-corrected chi connectivity index (χ4v) is 2.99. The van der Waals surface area contributed by atoms with Crippen molar-refractivity contribution in [3.05, 3.63) is 82.9 Å². The van der Waals surface area contributed by atoms with Gasteiger partial charge in [-0.2, -0.15) is 4.80 Å². The lowest BCUT2D eigenvalue weighted by Crippen LogP contribution is -2.15. The molecule has 1 N–H and O–H groups in total. The van der Waals surface area contributed by atoms with Crippen LogP contribution >= 0.6 is 11.6 Å². The lowest BCUT2D eigenvalue weighted by atomic mass is 10.1. The molecule has 5 nitrogen and oxygen atoms in total. The Labute approximate surface area is 161 Å². The monoisotopic (exact) mass is 376 g/mol. The molecule has 1 amide bonds. The number of nitrogens with one attached hydrogen (secondary N) is 1. The number of anilines is 1. The Bertz CT molecular complexity index is 1100. The predicted octanol–water partition coefficient (Wildman–Crippen LogP) is 4.56. The van der Waals surface area contributed by atoms with Gasteiger partial charge in [0, 0.05) is 10.7 Å². The van der Waals surface area contributed by atoms with Gasteiger partial charge in [-0.3, -0.25) is 4.79 Å². The third-order valence-electron chi connectivity index (χ3n) is 4.27. The SMILES string of the molecule is Cc1cc2nn(-c3ccc(Cl)cc3)nc2cc1NC(=O)Cc1ccccc1. The highest BCUT2D eigenvalue weighted by Gasteiger charge is 2.11. The van der Waals surface area contributed by atoms with Gasteiger partial charge in [0.25, 0.3) is 0 Å². The van der Waals surface area contributed by atoms with Crippen molar-refractivity contribution < 1.29 is 4.79 Å². The number of amides is 1. The summed E-state index contributed by atoms with van der Waals surface area (Å²) in [5, 5.41) is 12.7. The summed E-state index contributed by atoms with van der Waals surface area (Å²) < 4.78 is 0. The molecule has 6 heteroatoms. The van der Waals surface area contributed by atoms with Gasteiger partial charge < -0.3 is 5.32 Å². The van der Waals surface area contributed by atoms with Crippen LogP contribution in [0.15, 0.2) is 66.7 Å². The zero-order chi connectivity index (χ0) is 18.8. The smallest absolute Gasteiger partial charge is 0.228 e. The first kappa shape index (κ1) is 17.2. The second-order valence-corrected chi connectivity index (χ2v) is 6.77. The molecular formula is C21H17ClN4O. The molecule has 0 aliphatic rings. The van der Waals surface area contributed by atoms with Crippen LogP contribution in [0.25, 0.3) is 16.7 Å². The summed E-state index contributed by atoms with van der Waals surface area (Å²) in [5.41, 5.74) is 4.96. The van der Waals surface area contributed by atoms with E-state index in [1.165, 1.54) is 0 Å². The molecule has 0 saturated carbocycles. The number of rotatable bonds is 4. The fourth-order valence-electron chi connectivity index (χ4n) is 2.87. The molecule has 0 aliphatic heterocycles. The van der Waals surface area contributed by atoms with E-state index in [1.54, 1.807) is 16.9 Å². The van der Waals surface area contributed by atoms with Crippen LogP contribution in [0.4, 0.5) is 5.69 Å². The molecule has 0 spiro atoms. The highest BCUT2D eigenvalue weighted by atomic mass is 35.5. The fraction of sp³-hybridized carbons (Fsp3) is 0.0952. The van der Waals surface area contributed by atoms with Crippen molar-refractivity contribution in [1.29, 1.82) is 0 Å². The lowest BCUT2D eigenvalue weighted by Gasteiger charge is -2.08. The van der Waals surface area contributed by atoms with Crippen molar-refractivity contribution in [3.8, 4) is 5.69 Å². The number of hydrogen-bond donors (Lipinski definition) is 1. The third-order valence-corrected chi connectivity index (χ3v) is 4.52. The van der Waals surface area contributed by atoms with Crippen LogP contribution in [-0.4, -0.2) is 20.9 Å². The van der Waals surface area contributed by atoms with Crippen LogP contribution in [0.2, 0.25) is 5.02 Å². The minimum absolute atomic E-state index is 0.0613. The van der Waals surface area contributed by atoms with Gasteiger partial charge in [0.05, 0.1) is 12.1 Å². The predicted molar refractivity (Wildman–Crippen MR) is 107 cm³/mol. The maximum atomic E-state index is 12.4. The van der Waals surface area contributed by atoms with E-state index < -0.39 is 0 Å². The minimum atomic E-state index is -0.0613. The average molecular weight is 377 g/mol. The standard InChI is InChI=1S/C21H17ClN4O/c1-14-11-19-20(25-26(24-19)17-9-7-16(22)8-10-17)13-18(14)23-21(27)12-15-5-3-2-4-6-15/h2-11,13H,12H2,1H3,(H,23,27). The average Bonchev–Trinajstić information content (AvgIpc) is 3.06. The van der Waals surface area contributed by atoms with E-state index in [0.29, 0.717) is 17.0 Å². The number of benzene rings is 3. The summed E-state index contributed by atoms with van der Waals surface area (Å²) in [6.45, 7) is 1.94. The molecule has 1 aromatic heterocycles. The molecule has 3 aromatic carbocycles. The van der Waals surface area contributed by atoms with E-state index >= 15 is 0 Å². The molecule has 0 atom stereocenters. The zero-order valence-electron chi connectivity index (χ0n) is 14.7. The minimum Gasteiger partial charge on any atom is -0.325 e. The molecule has 0 radical (unpaired) electrons. The van der Waals surface area contributed by atoms with Crippen LogP contribution in [0.5, 0.6) is 0 Å². The van der Waals surface area contributed by atoms with Crippen molar-refractivity contribution in [1.82, 2.24) is 15.0 Å². The summed E-state index contributed by atoms with van der Waals surface area (Å²) in [5.74, 6) is -0.0613. The van der Waals surface area contributed by atoms with E-state index in [4.69, 9.17) is 11.6 Å². The molecule has 0 saturated heterocycles. The van der Waals surface area contributed by atoms with Crippen molar-refractivity contribution >= 4 is 34.2 Å². The topological polar surface area (TPSA) is 59.8 Å². The number of aryl methyl sites for hydroxylation is 1. The second kappa shape index (κ2) is 7.21. The Morgan fingerprint density at radius 2 is 1.67 bits per heavy atom. The quantitative estimate of drug-likeness (QED) is 0.567. The van der Waals surface area contributed by atoms with Gasteiger partial charge in [-0.1, -0.05) is 41.9 Å². The number of carbonyl (C=O) groups is 1. The van der Waals surface area contributed by atoms with E-state index in [9.17, 15) is 4.79 Å². The Balaban J connectivity index is 1.59. The number of nitrogens with zero attached hydrogens (tertiary/aromatic N) is 3. The Morgan fingerprint density at radius 1 is 1.00 bits per heavy atom. The maximum absolute atomic E-state index is 12.4. The van der Waals surface area contributed by atoms with E-state index in [0.717, 1.165) is 28.0 Å². The highest BCUT2D eigenvalue weighted by molar-refractivity contribution is 6.30. The molecule has 1 heterocycles. The number of aromatic nitrogens is 3. The van der Waals surface area contributed by atoms with E-state index in [-0.39, 0.29) is 5.91 Å². The van der Waals surface area contributed by atoms with Crippen molar-refractivity contribution in [2.24, 2.45) is 0 Å². The molecule has 0 bridgehead atoms. The number of carbonyl (C=O) groups excluding carboxylic acids is 1. The summed E-state index contributed by atoms with van der Waals surface area (Å²) in [4.78, 5) is 13.9. The van der Waals surface area contributed by atoms with Crippen LogP contribution in [0.1, 0.15) is 11.1 Å². The van der Waals surface area contributed by atoms with Crippen molar-refractivity contribution in [2.45, 2.75) is 13.3 Å². The summed E-state index contributed by atoms with van der Waals surface area (Å²) in [6, 6.07) is 20.7. The lowest BCUT2D eigenvalue weighted by molar-refractivity contribution is -0.115. The van der Waals surface area contributed by atoms with Crippen molar-refractivity contribution in [2.75, 3.05) is 5.32 Å². The van der Waals surface area contributed by atoms with Crippen LogP contribution in [0, 0.1) is 6.92 Å². The van der Waals surface area contributed by atoms with Gasteiger partial charge in [0.15, 0.2) is 0 Å². The van der Waals surface area contributed by atoms with Crippen LogP contribution in [-0.2, 0) is 11.2 Å². The Kier molecular flexibility index (Phi) is 4.60. The maximum Gasteiger partial charge on any atom is 0.228 e. The first-order chi connectivity index (χ1) is 13.1. The molecular weight excluding hydrogens is 360 g/mol. The van der Waals surface area contributed by atoms with Crippen LogP contribution < -0.4 is 5.32 Å². The highest BCUT2D eigenvalue weighted by Crippen LogP contribution is 2.23. The summed E-state index contributed by atoms with van der Waals surface area (Å²) >= 11 is 5.94. The second-order valence-electron chi connectivity index (χ2n) is 6.33. The molecule has 0 fully saturated rings. The largest absolute Gasteiger partial charge is 0.325 e. The van der Waals surface area contributed by atoms with Gasteiger partial charge in [-0.15, -0.1) is 10.2 Å².